The Kier molecular flexibility index (Phi) is 5.57. The fourth-order valence-corrected chi connectivity index (χ4v) is 2.87. The molecule has 0 atom stereocenters. The molecular weight excluding hydrogens is 396 g/mol. The molecule has 1 aromatic heterocycles. The number of hydrogen-bond donors (Lipinski definition) is 1. The molecule has 0 aliphatic heterocycles. The van der Waals surface area contributed by atoms with Crippen LogP contribution in [0.5, 0.6) is 0 Å². The van der Waals surface area contributed by atoms with Crippen LogP contribution in [0.1, 0.15) is 16.2 Å². The summed E-state index contributed by atoms with van der Waals surface area (Å²) in [6.07, 6.45) is 1.32. The van der Waals surface area contributed by atoms with Crippen molar-refractivity contribution in [1.29, 1.82) is 0 Å². The van der Waals surface area contributed by atoms with Gasteiger partial charge in [-0.15, -0.1) is 5.10 Å². The zero-order valence-corrected chi connectivity index (χ0v) is 16.1. The average Bonchev–Trinajstić information content (AvgIpc) is 3.26. The lowest BCUT2D eigenvalue weighted by molar-refractivity contribution is -0.384. The maximum Gasteiger partial charge on any atom is 0.311 e. The third-order valence-corrected chi connectivity index (χ3v) is 4.30. The number of benzene rings is 3. The van der Waals surface area contributed by atoms with Crippen LogP contribution < -0.4 is 5.43 Å². The molecule has 0 bridgehead atoms. The minimum absolute atomic E-state index is 0.0566. The maximum atomic E-state index is 12.6. The number of non-ortho nitro benzene ring substituents is 1. The Morgan fingerprint density at radius 1 is 1.00 bits per heavy atom. The van der Waals surface area contributed by atoms with Crippen LogP contribution in [0.15, 0.2) is 90.0 Å². The van der Waals surface area contributed by atoms with Crippen LogP contribution in [0, 0.1) is 10.1 Å². The van der Waals surface area contributed by atoms with E-state index < -0.39 is 10.8 Å². The summed E-state index contributed by atoms with van der Waals surface area (Å²) in [5.74, 6) is -0.146. The fraction of sp³-hybridized carbons (Fsp3) is 0. The van der Waals surface area contributed by atoms with Crippen molar-refractivity contribution in [3.05, 3.63) is 106 Å². The van der Waals surface area contributed by atoms with E-state index in [1.807, 2.05) is 60.7 Å². The lowest BCUT2D eigenvalue weighted by Gasteiger charge is -2.05. The van der Waals surface area contributed by atoms with Crippen molar-refractivity contribution in [2.75, 3.05) is 0 Å². The van der Waals surface area contributed by atoms with Crippen LogP contribution in [-0.2, 0) is 0 Å². The maximum absolute atomic E-state index is 12.6. The van der Waals surface area contributed by atoms with Crippen LogP contribution >= 0.6 is 0 Å². The number of carbonyl (C=O) groups is 1. The second-order valence-electron chi connectivity index (χ2n) is 6.42. The molecule has 0 saturated carbocycles. The van der Waals surface area contributed by atoms with Crippen molar-refractivity contribution in [1.82, 2.24) is 20.2 Å². The summed E-state index contributed by atoms with van der Waals surface area (Å²) in [5.41, 5.74) is 4.33. The lowest BCUT2D eigenvalue weighted by Crippen LogP contribution is -2.19. The highest BCUT2D eigenvalue weighted by Gasteiger charge is 2.18. The molecule has 0 radical (unpaired) electrons. The molecule has 4 rings (SSSR count). The predicted octanol–water partition coefficient (Wildman–Crippen LogP) is 3.61. The van der Waals surface area contributed by atoms with Gasteiger partial charge in [-0.3, -0.25) is 14.9 Å². The van der Waals surface area contributed by atoms with Crippen LogP contribution in [0.4, 0.5) is 5.69 Å². The molecule has 152 valence electrons. The summed E-state index contributed by atoms with van der Waals surface area (Å²) < 4.78 is 1.59. The molecule has 0 fully saturated rings. The van der Waals surface area contributed by atoms with E-state index in [0.717, 1.165) is 11.3 Å². The standard InChI is InChI=1S/C22H16N6O3/c29-22(25-23-15-16-8-7-13-19(14-16)28(30)31)20-24-21(17-9-3-1-4-10-17)27(26-20)18-11-5-2-6-12-18/h1-15H,(H,25,29). The highest BCUT2D eigenvalue weighted by molar-refractivity contribution is 5.92. The van der Waals surface area contributed by atoms with Gasteiger partial charge in [0, 0.05) is 23.3 Å². The van der Waals surface area contributed by atoms with E-state index in [1.54, 1.807) is 10.7 Å². The van der Waals surface area contributed by atoms with Gasteiger partial charge in [0.05, 0.1) is 16.8 Å². The fourth-order valence-electron chi connectivity index (χ4n) is 2.87. The van der Waals surface area contributed by atoms with Gasteiger partial charge in [-0.25, -0.2) is 15.1 Å². The van der Waals surface area contributed by atoms with Crippen LogP contribution in [0.25, 0.3) is 17.1 Å². The number of nitrogens with zero attached hydrogens (tertiary/aromatic N) is 5. The smallest absolute Gasteiger partial charge is 0.264 e. The number of carbonyl (C=O) groups excluding carboxylic acids is 1. The molecule has 0 unspecified atom stereocenters. The molecule has 1 amide bonds. The third kappa shape index (κ3) is 4.51. The van der Waals surface area contributed by atoms with Gasteiger partial charge in [-0.2, -0.15) is 5.10 Å². The molecule has 31 heavy (non-hydrogen) atoms. The van der Waals surface area contributed by atoms with E-state index in [1.165, 1.54) is 24.4 Å². The van der Waals surface area contributed by atoms with Crippen molar-refractivity contribution in [2.45, 2.75) is 0 Å². The number of amides is 1. The second-order valence-corrected chi connectivity index (χ2v) is 6.42. The summed E-state index contributed by atoms with van der Waals surface area (Å²) in [4.78, 5) is 27.3. The number of nitro groups is 1. The van der Waals surface area contributed by atoms with Gasteiger partial charge >= 0.3 is 5.91 Å². The molecule has 0 aliphatic rings. The average molecular weight is 412 g/mol. The molecular formula is C22H16N6O3. The summed E-state index contributed by atoms with van der Waals surface area (Å²) in [5, 5.41) is 19.1. The molecule has 0 spiro atoms. The number of hydrazone groups is 1. The second kappa shape index (κ2) is 8.78. The number of aromatic nitrogens is 3. The van der Waals surface area contributed by atoms with Gasteiger partial charge in [0.2, 0.25) is 5.82 Å². The van der Waals surface area contributed by atoms with Crippen molar-refractivity contribution < 1.29 is 9.72 Å². The highest BCUT2D eigenvalue weighted by Crippen LogP contribution is 2.21. The Morgan fingerprint density at radius 3 is 2.42 bits per heavy atom. The van der Waals surface area contributed by atoms with Crippen LogP contribution in [0.3, 0.4) is 0 Å². The zero-order valence-electron chi connectivity index (χ0n) is 16.1. The SMILES string of the molecule is O=C(NN=Cc1cccc([N+](=O)[O-])c1)c1nc(-c2ccccc2)n(-c2ccccc2)n1. The molecule has 9 heteroatoms. The van der Waals surface area contributed by atoms with Gasteiger partial charge in [0.1, 0.15) is 0 Å². The van der Waals surface area contributed by atoms with E-state index >= 15 is 0 Å². The van der Waals surface area contributed by atoms with Gasteiger partial charge in [0.25, 0.3) is 5.69 Å². The molecule has 1 N–H and O–H groups in total. The topological polar surface area (TPSA) is 115 Å². The van der Waals surface area contributed by atoms with Gasteiger partial charge < -0.3 is 0 Å². The quantitative estimate of drug-likeness (QED) is 0.295. The predicted molar refractivity (Wildman–Crippen MR) is 115 cm³/mol. The Morgan fingerprint density at radius 2 is 1.71 bits per heavy atom. The Balaban J connectivity index is 1.59. The van der Waals surface area contributed by atoms with Crippen LogP contribution in [0.2, 0.25) is 0 Å². The van der Waals surface area contributed by atoms with Crippen molar-refractivity contribution >= 4 is 17.8 Å². The summed E-state index contributed by atoms with van der Waals surface area (Å²) in [6.45, 7) is 0. The Labute approximate surface area is 176 Å². The number of nitro benzene ring substituents is 1. The summed E-state index contributed by atoms with van der Waals surface area (Å²) in [7, 11) is 0. The van der Waals surface area contributed by atoms with Gasteiger partial charge in [0.15, 0.2) is 5.82 Å². The van der Waals surface area contributed by atoms with E-state index in [2.05, 4.69) is 20.6 Å². The first-order chi connectivity index (χ1) is 15.1. The molecule has 3 aromatic carbocycles. The zero-order chi connectivity index (χ0) is 21.6. The summed E-state index contributed by atoms with van der Waals surface area (Å²) >= 11 is 0. The Hall–Kier alpha value is -4.66. The largest absolute Gasteiger partial charge is 0.311 e. The third-order valence-electron chi connectivity index (χ3n) is 4.30. The van der Waals surface area contributed by atoms with Gasteiger partial charge in [-0.1, -0.05) is 60.7 Å². The first-order valence-electron chi connectivity index (χ1n) is 9.27. The van der Waals surface area contributed by atoms with E-state index in [4.69, 9.17) is 0 Å². The van der Waals surface area contributed by atoms with Crippen molar-refractivity contribution in [3.8, 4) is 17.1 Å². The monoisotopic (exact) mass is 412 g/mol. The van der Waals surface area contributed by atoms with E-state index in [-0.39, 0.29) is 11.5 Å². The van der Waals surface area contributed by atoms with Crippen LogP contribution in [-0.4, -0.2) is 31.8 Å². The Bertz CT molecular complexity index is 1200. The van der Waals surface area contributed by atoms with Crippen molar-refractivity contribution in [2.24, 2.45) is 5.10 Å². The summed E-state index contributed by atoms with van der Waals surface area (Å²) in [6, 6.07) is 24.7. The lowest BCUT2D eigenvalue weighted by atomic mass is 10.2. The molecule has 1 heterocycles. The minimum atomic E-state index is -0.603. The number of hydrogen-bond acceptors (Lipinski definition) is 6. The van der Waals surface area contributed by atoms with E-state index in [9.17, 15) is 14.9 Å². The molecule has 0 saturated heterocycles. The van der Waals surface area contributed by atoms with Crippen molar-refractivity contribution in [3.63, 3.8) is 0 Å². The first-order valence-corrected chi connectivity index (χ1v) is 9.27. The van der Waals surface area contributed by atoms with E-state index in [0.29, 0.717) is 11.4 Å². The molecule has 4 aromatic rings. The number of rotatable bonds is 6. The number of para-hydroxylation sites is 1. The van der Waals surface area contributed by atoms with Gasteiger partial charge in [-0.05, 0) is 12.1 Å². The minimum Gasteiger partial charge on any atom is -0.264 e. The highest BCUT2D eigenvalue weighted by atomic mass is 16.6. The number of nitrogens with one attached hydrogen (secondary N) is 1. The normalized spacial score (nSPS) is 10.8. The molecule has 0 aliphatic carbocycles. The first kappa shape index (κ1) is 19.6. The molecule has 9 nitrogen and oxygen atoms in total.